The fourth-order valence-electron chi connectivity index (χ4n) is 1.19. The Morgan fingerprint density at radius 3 is 2.67 bits per heavy atom. The highest BCUT2D eigenvalue weighted by Crippen LogP contribution is 2.12. The number of hydrogen-bond donors (Lipinski definition) is 1. The number of aromatic nitrogens is 2. The Morgan fingerprint density at radius 2 is 2.13 bits per heavy atom. The maximum Gasteiger partial charge on any atom is 0.202 e. The standard InChI is InChI=1S/C11H22N4/c1-6-15-8-7-12-10(15)13-9-11(2,3)14(4)5/h7-8H,6,9H2,1-5H3,(H,12,13). The van der Waals surface area contributed by atoms with E-state index in [1.54, 1.807) is 0 Å². The molecular formula is C11H22N4. The SMILES string of the molecule is CCn1ccnc1NCC(C)(C)N(C)C. The van der Waals surface area contributed by atoms with Crippen LogP contribution in [0.25, 0.3) is 0 Å². The molecule has 0 spiro atoms. The lowest BCUT2D eigenvalue weighted by atomic mass is 10.1. The first-order valence-electron chi connectivity index (χ1n) is 5.40. The van der Waals surface area contributed by atoms with Gasteiger partial charge in [-0.3, -0.25) is 0 Å². The van der Waals surface area contributed by atoms with Gasteiger partial charge in [-0.15, -0.1) is 0 Å². The molecule has 1 heterocycles. The Kier molecular flexibility index (Phi) is 3.74. The summed E-state index contributed by atoms with van der Waals surface area (Å²) in [5, 5.41) is 3.38. The van der Waals surface area contributed by atoms with E-state index in [1.807, 2.05) is 12.4 Å². The van der Waals surface area contributed by atoms with E-state index in [2.05, 4.69) is 54.6 Å². The third-order valence-electron chi connectivity index (χ3n) is 2.95. The Morgan fingerprint density at radius 1 is 1.47 bits per heavy atom. The zero-order valence-corrected chi connectivity index (χ0v) is 10.4. The van der Waals surface area contributed by atoms with Crippen molar-refractivity contribution in [3.05, 3.63) is 12.4 Å². The molecule has 0 unspecified atom stereocenters. The summed E-state index contributed by atoms with van der Waals surface area (Å²) < 4.78 is 2.10. The molecule has 1 N–H and O–H groups in total. The normalized spacial score (nSPS) is 12.1. The lowest BCUT2D eigenvalue weighted by molar-refractivity contribution is 0.209. The average Bonchev–Trinajstić information content (AvgIpc) is 2.61. The highest BCUT2D eigenvalue weighted by molar-refractivity contribution is 5.26. The maximum absolute atomic E-state index is 4.28. The zero-order valence-electron chi connectivity index (χ0n) is 10.4. The van der Waals surface area contributed by atoms with Gasteiger partial charge in [-0.25, -0.2) is 4.98 Å². The quantitative estimate of drug-likeness (QED) is 0.802. The molecule has 0 aliphatic rings. The van der Waals surface area contributed by atoms with E-state index in [9.17, 15) is 0 Å². The van der Waals surface area contributed by atoms with Gasteiger partial charge in [0.25, 0.3) is 0 Å². The summed E-state index contributed by atoms with van der Waals surface area (Å²) in [5.74, 6) is 0.951. The van der Waals surface area contributed by atoms with Gasteiger partial charge < -0.3 is 14.8 Å². The molecule has 0 radical (unpaired) electrons. The molecule has 0 bridgehead atoms. The van der Waals surface area contributed by atoms with Crippen LogP contribution in [0.5, 0.6) is 0 Å². The fourth-order valence-corrected chi connectivity index (χ4v) is 1.19. The highest BCUT2D eigenvalue weighted by atomic mass is 15.2. The second-order valence-electron chi connectivity index (χ2n) is 4.60. The van der Waals surface area contributed by atoms with Gasteiger partial charge in [0.1, 0.15) is 0 Å². The van der Waals surface area contributed by atoms with Crippen molar-refractivity contribution in [1.29, 1.82) is 0 Å². The summed E-state index contributed by atoms with van der Waals surface area (Å²) in [6, 6.07) is 0. The van der Waals surface area contributed by atoms with Crippen molar-refractivity contribution in [2.24, 2.45) is 0 Å². The summed E-state index contributed by atoms with van der Waals surface area (Å²) in [7, 11) is 4.18. The number of aryl methyl sites for hydroxylation is 1. The Bertz CT molecular complexity index is 301. The molecular weight excluding hydrogens is 188 g/mol. The molecule has 0 saturated carbocycles. The van der Waals surface area contributed by atoms with Gasteiger partial charge >= 0.3 is 0 Å². The first-order chi connectivity index (χ1) is 6.97. The van der Waals surface area contributed by atoms with Crippen LogP contribution in [-0.2, 0) is 6.54 Å². The minimum absolute atomic E-state index is 0.129. The van der Waals surface area contributed by atoms with Crippen LogP contribution in [0.15, 0.2) is 12.4 Å². The van der Waals surface area contributed by atoms with Crippen LogP contribution in [0.1, 0.15) is 20.8 Å². The third-order valence-corrected chi connectivity index (χ3v) is 2.95. The summed E-state index contributed by atoms with van der Waals surface area (Å²) in [5.41, 5.74) is 0.129. The van der Waals surface area contributed by atoms with Gasteiger partial charge in [-0.2, -0.15) is 0 Å². The van der Waals surface area contributed by atoms with E-state index < -0.39 is 0 Å². The number of likely N-dealkylation sites (N-methyl/N-ethyl adjacent to an activating group) is 1. The van der Waals surface area contributed by atoms with Gasteiger partial charge in [0.2, 0.25) is 5.95 Å². The number of nitrogens with zero attached hydrogens (tertiary/aromatic N) is 3. The number of rotatable bonds is 5. The van der Waals surface area contributed by atoms with Gasteiger partial charge in [-0.05, 0) is 34.9 Å². The van der Waals surface area contributed by atoms with Gasteiger partial charge in [-0.1, -0.05) is 0 Å². The lowest BCUT2D eigenvalue weighted by Gasteiger charge is -2.32. The number of nitrogens with one attached hydrogen (secondary N) is 1. The van der Waals surface area contributed by atoms with Crippen molar-refractivity contribution in [2.75, 3.05) is 26.0 Å². The van der Waals surface area contributed by atoms with Gasteiger partial charge in [0.15, 0.2) is 0 Å². The van der Waals surface area contributed by atoms with E-state index in [1.165, 1.54) is 0 Å². The Balaban J connectivity index is 2.57. The van der Waals surface area contributed by atoms with Crippen LogP contribution in [-0.4, -0.2) is 40.6 Å². The summed E-state index contributed by atoms with van der Waals surface area (Å²) in [6.07, 6.45) is 3.82. The van der Waals surface area contributed by atoms with Crippen LogP contribution >= 0.6 is 0 Å². The van der Waals surface area contributed by atoms with Crippen molar-refractivity contribution >= 4 is 5.95 Å². The fraction of sp³-hybridized carbons (Fsp3) is 0.727. The molecule has 1 rings (SSSR count). The molecule has 0 amide bonds. The zero-order chi connectivity index (χ0) is 11.5. The van der Waals surface area contributed by atoms with Crippen molar-refractivity contribution in [2.45, 2.75) is 32.9 Å². The molecule has 0 saturated heterocycles. The van der Waals surface area contributed by atoms with E-state index in [0.717, 1.165) is 19.0 Å². The number of imidazole rings is 1. The largest absolute Gasteiger partial charge is 0.354 e. The molecule has 0 aromatic carbocycles. The summed E-state index contributed by atoms with van der Waals surface area (Å²) in [6.45, 7) is 8.37. The van der Waals surface area contributed by atoms with Crippen LogP contribution in [0.3, 0.4) is 0 Å². The average molecular weight is 210 g/mol. The molecule has 1 aromatic rings. The monoisotopic (exact) mass is 210 g/mol. The first kappa shape index (κ1) is 12.0. The summed E-state index contributed by atoms with van der Waals surface area (Å²) in [4.78, 5) is 6.49. The van der Waals surface area contributed by atoms with Crippen LogP contribution in [0.2, 0.25) is 0 Å². The topological polar surface area (TPSA) is 33.1 Å². The predicted octanol–water partition coefficient (Wildman–Crippen LogP) is 1.66. The molecule has 86 valence electrons. The molecule has 15 heavy (non-hydrogen) atoms. The van der Waals surface area contributed by atoms with Gasteiger partial charge in [0.05, 0.1) is 0 Å². The Hall–Kier alpha value is -1.03. The number of hydrogen-bond acceptors (Lipinski definition) is 3. The van der Waals surface area contributed by atoms with Crippen molar-refractivity contribution in [3.63, 3.8) is 0 Å². The number of anilines is 1. The van der Waals surface area contributed by atoms with Crippen LogP contribution in [0.4, 0.5) is 5.95 Å². The molecule has 4 heteroatoms. The molecule has 0 aliphatic carbocycles. The smallest absolute Gasteiger partial charge is 0.202 e. The molecule has 0 aliphatic heterocycles. The molecule has 4 nitrogen and oxygen atoms in total. The van der Waals surface area contributed by atoms with E-state index in [0.29, 0.717) is 0 Å². The molecule has 1 aromatic heterocycles. The van der Waals surface area contributed by atoms with E-state index >= 15 is 0 Å². The highest BCUT2D eigenvalue weighted by Gasteiger charge is 2.20. The summed E-state index contributed by atoms with van der Waals surface area (Å²) >= 11 is 0. The maximum atomic E-state index is 4.28. The second kappa shape index (κ2) is 4.66. The van der Waals surface area contributed by atoms with Crippen LogP contribution in [0, 0.1) is 0 Å². The second-order valence-corrected chi connectivity index (χ2v) is 4.60. The third kappa shape index (κ3) is 2.96. The lowest BCUT2D eigenvalue weighted by Crippen LogP contribution is -2.44. The molecule has 0 fully saturated rings. The minimum atomic E-state index is 0.129. The predicted molar refractivity (Wildman–Crippen MR) is 64.2 cm³/mol. The first-order valence-corrected chi connectivity index (χ1v) is 5.40. The molecule has 0 atom stereocenters. The van der Waals surface area contributed by atoms with E-state index in [-0.39, 0.29) is 5.54 Å². The van der Waals surface area contributed by atoms with Crippen molar-refractivity contribution in [3.8, 4) is 0 Å². The van der Waals surface area contributed by atoms with E-state index in [4.69, 9.17) is 0 Å². The Labute approximate surface area is 92.3 Å². The van der Waals surface area contributed by atoms with Gasteiger partial charge in [0, 0.05) is 31.0 Å². The minimum Gasteiger partial charge on any atom is -0.354 e. The van der Waals surface area contributed by atoms with Crippen molar-refractivity contribution < 1.29 is 0 Å². The van der Waals surface area contributed by atoms with Crippen molar-refractivity contribution in [1.82, 2.24) is 14.5 Å². The van der Waals surface area contributed by atoms with Crippen LogP contribution < -0.4 is 5.32 Å².